The summed E-state index contributed by atoms with van der Waals surface area (Å²) in [6.07, 6.45) is 0.956. The number of hydrogen-bond donors (Lipinski definition) is 3. The van der Waals surface area contributed by atoms with Gasteiger partial charge in [-0.1, -0.05) is 76.8 Å². The third-order valence-electron chi connectivity index (χ3n) is 11.3. The predicted molar refractivity (Wildman–Crippen MR) is 219 cm³/mol. The Morgan fingerprint density at radius 3 is 2.23 bits per heavy atom. The third kappa shape index (κ3) is 13.3. The van der Waals surface area contributed by atoms with Crippen molar-refractivity contribution in [3.63, 3.8) is 0 Å². The number of carbonyl (C=O) groups excluding carboxylic acids is 9. The number of likely N-dealkylation sites (tertiary alicyclic amines) is 1. The van der Waals surface area contributed by atoms with E-state index in [1.165, 1.54) is 4.90 Å². The number of amides is 4. The van der Waals surface area contributed by atoms with Gasteiger partial charge in [-0.15, -0.1) is 0 Å². The van der Waals surface area contributed by atoms with E-state index in [0.29, 0.717) is 37.0 Å². The van der Waals surface area contributed by atoms with Crippen LogP contribution in [0.2, 0.25) is 0 Å². The molecule has 5 atom stereocenters. The van der Waals surface area contributed by atoms with Gasteiger partial charge in [-0.3, -0.25) is 38.4 Å². The summed E-state index contributed by atoms with van der Waals surface area (Å²) in [5, 5.41) is 5.18. The van der Waals surface area contributed by atoms with Gasteiger partial charge in [0.1, 0.15) is 11.9 Å². The molecule has 1 aliphatic heterocycles. The van der Waals surface area contributed by atoms with E-state index in [4.69, 9.17) is 10.5 Å². The fourth-order valence-corrected chi connectivity index (χ4v) is 8.23. The minimum absolute atomic E-state index is 0.0115. The maximum atomic E-state index is 15.1. The molecule has 0 aromatic heterocycles. The number of Topliss-reactive ketones (excluding diaryl/α,β-unsaturated/α-hetero) is 4. The Balaban J connectivity index is 1.57. The quantitative estimate of drug-likeness (QED) is 0.0742. The van der Waals surface area contributed by atoms with Gasteiger partial charge in [0.25, 0.3) is 6.47 Å². The van der Waals surface area contributed by atoms with Crippen molar-refractivity contribution in [2.24, 2.45) is 29.4 Å². The average Bonchev–Trinajstić information content (AvgIpc) is 3.68. The average molecular weight is 867 g/mol. The third-order valence-corrected chi connectivity index (χ3v) is 11.3. The van der Waals surface area contributed by atoms with Gasteiger partial charge in [-0.25, -0.2) is 13.6 Å². The Morgan fingerprint density at radius 1 is 0.919 bits per heavy atom. The molecule has 4 N–H and O–H groups in total. The molecule has 62 heavy (non-hydrogen) atoms. The van der Waals surface area contributed by atoms with Crippen molar-refractivity contribution in [1.82, 2.24) is 15.5 Å². The van der Waals surface area contributed by atoms with Crippen LogP contribution in [-0.4, -0.2) is 83.6 Å². The van der Waals surface area contributed by atoms with Gasteiger partial charge in [0.15, 0.2) is 28.9 Å². The summed E-state index contributed by atoms with van der Waals surface area (Å²) in [5.74, 6) is -11.4. The minimum Gasteiger partial charge on any atom is -0.449 e. The topological polar surface area (TPSA) is 225 Å². The lowest BCUT2D eigenvalue weighted by Gasteiger charge is -2.34. The van der Waals surface area contributed by atoms with Crippen molar-refractivity contribution in [2.75, 3.05) is 13.2 Å². The van der Waals surface area contributed by atoms with Crippen LogP contribution in [0.15, 0.2) is 42.5 Å². The van der Waals surface area contributed by atoms with Gasteiger partial charge in [0, 0.05) is 44.1 Å². The predicted octanol–water partition coefficient (Wildman–Crippen LogP) is 5.26. The van der Waals surface area contributed by atoms with Gasteiger partial charge in [0.2, 0.25) is 23.5 Å². The van der Waals surface area contributed by atoms with E-state index in [-0.39, 0.29) is 38.4 Å². The molecular formula is C45H56F2N4O11. The monoisotopic (exact) mass is 866 g/mol. The van der Waals surface area contributed by atoms with E-state index in [1.807, 2.05) is 13.8 Å². The Morgan fingerprint density at radius 2 is 1.60 bits per heavy atom. The van der Waals surface area contributed by atoms with Gasteiger partial charge < -0.3 is 30.7 Å². The van der Waals surface area contributed by atoms with Crippen LogP contribution in [0.3, 0.4) is 0 Å². The summed E-state index contributed by atoms with van der Waals surface area (Å²) in [6.45, 7) is 5.19. The lowest BCUT2D eigenvalue weighted by Crippen LogP contribution is -2.47. The maximum absolute atomic E-state index is 15.1. The molecule has 4 amide bonds. The van der Waals surface area contributed by atoms with E-state index >= 15 is 4.39 Å². The molecule has 2 aromatic carbocycles. The highest BCUT2D eigenvalue weighted by atomic mass is 19.1. The molecule has 2 aliphatic rings. The molecular weight excluding hydrogens is 811 g/mol. The SMILES string of the molecule is CCCC(CC(=O)[C@@H]1C[C@@H](NC(=O)OCC(C)C)CN1C(=O)[C@@H](CC(=O)c1c(F)ccc(F)c1OC=O)C1CCCCC1)C(=O)C(=O)CCC(=O)NC(C(N)=O)c1ccccc1. The molecule has 2 aromatic rings. The highest BCUT2D eigenvalue weighted by Crippen LogP contribution is 2.37. The van der Waals surface area contributed by atoms with Crippen molar-refractivity contribution in [2.45, 2.75) is 116 Å². The first-order chi connectivity index (χ1) is 29.6. The smallest absolute Gasteiger partial charge is 0.407 e. The number of hydrogen-bond acceptors (Lipinski definition) is 11. The Labute approximate surface area is 359 Å². The molecule has 17 heteroatoms. The summed E-state index contributed by atoms with van der Waals surface area (Å²) in [5.41, 5.74) is 5.08. The number of nitrogens with one attached hydrogen (secondary N) is 2. The second-order valence-electron chi connectivity index (χ2n) is 16.4. The summed E-state index contributed by atoms with van der Waals surface area (Å²) in [4.78, 5) is 120. The molecule has 1 saturated carbocycles. The number of rotatable bonds is 23. The number of nitrogens with two attached hydrogens (primary N) is 1. The molecule has 1 saturated heterocycles. The number of ether oxygens (including phenoxy) is 2. The summed E-state index contributed by atoms with van der Waals surface area (Å²) < 4.78 is 39.8. The number of halogens is 2. The molecule has 15 nitrogen and oxygen atoms in total. The van der Waals surface area contributed by atoms with E-state index in [9.17, 15) is 47.5 Å². The fraction of sp³-hybridized carbons (Fsp3) is 0.533. The maximum Gasteiger partial charge on any atom is 0.407 e. The van der Waals surface area contributed by atoms with Gasteiger partial charge in [-0.2, -0.15) is 0 Å². The molecule has 0 bridgehead atoms. The number of primary amides is 1. The molecule has 1 aliphatic carbocycles. The van der Waals surface area contributed by atoms with E-state index < -0.39 is 131 Å². The molecule has 336 valence electrons. The number of benzene rings is 2. The first-order valence-electron chi connectivity index (χ1n) is 21.1. The largest absolute Gasteiger partial charge is 0.449 e. The normalized spacial score (nSPS) is 17.9. The zero-order valence-electron chi connectivity index (χ0n) is 35.3. The second kappa shape index (κ2) is 23.4. The zero-order chi connectivity index (χ0) is 45.5. The molecule has 2 fully saturated rings. The van der Waals surface area contributed by atoms with Crippen LogP contribution < -0.4 is 21.1 Å². The Kier molecular flexibility index (Phi) is 18.4. The van der Waals surface area contributed by atoms with Crippen LogP contribution >= 0.6 is 0 Å². The van der Waals surface area contributed by atoms with Crippen molar-refractivity contribution in [1.29, 1.82) is 0 Å². The van der Waals surface area contributed by atoms with E-state index in [0.717, 1.165) is 19.3 Å². The number of carbonyl (C=O) groups is 9. The number of alkyl carbamates (subject to hydrolysis) is 1. The zero-order valence-corrected chi connectivity index (χ0v) is 35.3. The van der Waals surface area contributed by atoms with E-state index in [2.05, 4.69) is 15.4 Å². The number of ketones is 4. The molecule has 0 spiro atoms. The fourth-order valence-electron chi connectivity index (χ4n) is 8.23. The van der Waals surface area contributed by atoms with Crippen molar-refractivity contribution >= 4 is 53.4 Å². The van der Waals surface area contributed by atoms with Gasteiger partial charge in [0.05, 0.1) is 24.3 Å². The van der Waals surface area contributed by atoms with Crippen LogP contribution in [0.4, 0.5) is 13.6 Å². The van der Waals surface area contributed by atoms with Gasteiger partial charge in [-0.05, 0) is 55.2 Å². The molecule has 2 unspecified atom stereocenters. The minimum atomic E-state index is -1.23. The summed E-state index contributed by atoms with van der Waals surface area (Å²) >= 11 is 0. The highest BCUT2D eigenvalue weighted by molar-refractivity contribution is 6.38. The van der Waals surface area contributed by atoms with E-state index in [1.54, 1.807) is 37.3 Å². The standard InChI is InChI=1S/C45H56F2N4O11/c1-4-11-29(41(57)35(53)18-19-38(56)50-40(43(48)58)28-14-9-6-10-15-28)20-36(54)34-21-30(49-45(60)61-24-26(2)3)23-51(34)44(59)31(27-12-7-5-8-13-27)22-37(55)39-32(46)16-17-33(47)42(39)62-25-52/h6,9-10,14-17,25-27,29-31,34,40H,4-5,7-8,11-13,18-24H2,1-3H3,(H2,48,58)(H,49,60)(H,50,56)/t29?,30-,31+,34+,40?/m1/s1. The first-order valence-corrected chi connectivity index (χ1v) is 21.1. The summed E-state index contributed by atoms with van der Waals surface area (Å²) in [7, 11) is 0. The molecule has 1 heterocycles. The first kappa shape index (κ1) is 48.8. The lowest BCUT2D eigenvalue weighted by molar-refractivity contribution is -0.144. The lowest BCUT2D eigenvalue weighted by atomic mass is 9.76. The Bertz CT molecular complexity index is 1970. The Hall–Kier alpha value is -5.87. The van der Waals surface area contributed by atoms with Gasteiger partial charge >= 0.3 is 6.09 Å². The van der Waals surface area contributed by atoms with Crippen molar-refractivity contribution in [3.8, 4) is 5.75 Å². The highest BCUT2D eigenvalue weighted by Gasteiger charge is 2.45. The second-order valence-corrected chi connectivity index (χ2v) is 16.4. The molecule has 0 radical (unpaired) electrons. The van der Waals surface area contributed by atoms with Crippen LogP contribution in [0.5, 0.6) is 5.75 Å². The van der Waals surface area contributed by atoms with Crippen molar-refractivity contribution in [3.05, 3.63) is 65.2 Å². The molecule has 4 rings (SSSR count). The van der Waals surface area contributed by atoms with Crippen LogP contribution in [0.1, 0.15) is 120 Å². The number of nitrogens with zero attached hydrogens (tertiary/aromatic N) is 1. The summed E-state index contributed by atoms with van der Waals surface area (Å²) in [6, 6.07) is 6.43. The van der Waals surface area contributed by atoms with Crippen molar-refractivity contribution < 1.29 is 61.4 Å². The van der Waals surface area contributed by atoms with Crippen LogP contribution in [0, 0.1) is 35.3 Å². The van der Waals surface area contributed by atoms with Crippen LogP contribution in [-0.2, 0) is 38.3 Å². The van der Waals surface area contributed by atoms with Crippen LogP contribution in [0.25, 0.3) is 0 Å².